The molecule has 2 saturated heterocycles. The van der Waals surface area contributed by atoms with Crippen LogP contribution in [0.3, 0.4) is 0 Å². The molecule has 0 atom stereocenters. The number of fused-ring (bicyclic) bond motifs is 2. The highest BCUT2D eigenvalue weighted by atomic mass is 16.2. The number of H-pyrrole nitrogens is 1. The van der Waals surface area contributed by atoms with Crippen molar-refractivity contribution in [2.75, 3.05) is 96.4 Å². The fourth-order valence-electron chi connectivity index (χ4n) is 11.1. The van der Waals surface area contributed by atoms with Crippen molar-refractivity contribution in [2.24, 2.45) is 0 Å². The zero-order valence-electron chi connectivity index (χ0n) is 55.2. The number of amides is 3. The predicted octanol–water partition coefficient (Wildman–Crippen LogP) is 10.0. The van der Waals surface area contributed by atoms with Crippen molar-refractivity contribution in [1.29, 1.82) is 0 Å². The first-order chi connectivity index (χ1) is 44.0. The van der Waals surface area contributed by atoms with Crippen molar-refractivity contribution >= 4 is 63.7 Å². The van der Waals surface area contributed by atoms with E-state index < -0.39 is 0 Å². The summed E-state index contributed by atoms with van der Waals surface area (Å²) < 4.78 is 4.06. The lowest BCUT2D eigenvalue weighted by Gasteiger charge is -2.33. The maximum Gasteiger partial charge on any atom is 0.253 e. The molecule has 2 aliphatic rings. The molecule has 0 spiro atoms. The Hall–Kier alpha value is -9.04. The summed E-state index contributed by atoms with van der Waals surface area (Å²) in [5, 5.41) is 13.7. The standard InChI is InChI=1S/C34H47N7O2.C33H38N6O3.C3H4O.C2H6/c1-6-8-27(19-26(3)38-24-42)25(2)22-37-34(43)31-20-29(21-32-30(31)11-14-40(32)13-7-12-35-4)28-9-10-33(36-23-28)41-17-15-39(5)16-18-41;1-5-7-23-16-22(3)36-33(42)29(23)20-35-32(41)28-17-25(18-30-27(28)10-11-39(30)21-26(40)6-2)24-8-9-31(34-19-24)38-14-12-37(4)13-15-38;1-2-3-4;1-2/h9-11,14,19-21,23-24,35H,6-8,12-13,15-18,22H2,1-5H3,(H,37,43)(H,38,42);6,8-11,16-19H,2,5,7,12-15,20-21H2,1,3-4H3,(H,35,41)(H,36,42);2-3H,1H2;1-2H3/b26-19-,27-25+;;;. The van der Waals surface area contributed by atoms with E-state index in [1.165, 1.54) is 12.2 Å². The molecule has 19 heteroatoms. The third kappa shape index (κ3) is 19.7. The SMILES string of the molecule is C=CC(=O)Cn1ccc2c(C(=O)NCc3c(CCC)cc(C)[nH]c3=O)cc(-c3ccc(N4CCN(C)CC4)nc3)cc21.C=CC=O.CC.CCCC(/C=C(/C)NC=O)=C(/C)CNC(=O)c1cc(-c2ccc(N3CCN(C)CC3)nc2)cc2c1ccn2CCCNC. The molecule has 0 unspecified atom stereocenters. The van der Waals surface area contributed by atoms with Crippen LogP contribution in [-0.2, 0) is 40.4 Å². The van der Waals surface area contributed by atoms with Crippen LogP contribution in [0.5, 0.6) is 0 Å². The lowest BCUT2D eigenvalue weighted by Crippen LogP contribution is -2.44. The summed E-state index contributed by atoms with van der Waals surface area (Å²) in [7, 11) is 6.24. The monoisotopic (exact) mass is 1240 g/mol. The van der Waals surface area contributed by atoms with Gasteiger partial charge in [-0.2, -0.15) is 0 Å². The number of likely N-dealkylation sites (N-methyl/N-ethyl adjacent to an activating group) is 2. The largest absolute Gasteiger partial charge is 0.354 e. The molecule has 5 N–H and O–H groups in total. The van der Waals surface area contributed by atoms with E-state index >= 15 is 0 Å². The topological polar surface area (TPSA) is 215 Å². The van der Waals surface area contributed by atoms with Crippen LogP contribution in [0.15, 0.2) is 145 Å². The van der Waals surface area contributed by atoms with Gasteiger partial charge in [0.2, 0.25) is 6.41 Å². The number of pyridine rings is 3. The van der Waals surface area contributed by atoms with Crippen LogP contribution in [-0.4, -0.2) is 151 Å². The second-order valence-corrected chi connectivity index (χ2v) is 22.8. The molecule has 0 saturated carbocycles. The van der Waals surface area contributed by atoms with E-state index in [9.17, 15) is 24.0 Å². The fraction of sp³-hybridized carbons (Fsp3) is 0.389. The number of carbonyl (C=O) groups excluding carboxylic acids is 5. The van der Waals surface area contributed by atoms with Crippen molar-refractivity contribution in [3.8, 4) is 22.3 Å². The third-order valence-electron chi connectivity index (χ3n) is 16.1. The van der Waals surface area contributed by atoms with Gasteiger partial charge in [-0.05, 0) is 175 Å². The predicted molar refractivity (Wildman–Crippen MR) is 371 cm³/mol. The molecule has 7 aromatic rings. The van der Waals surface area contributed by atoms with Crippen molar-refractivity contribution < 1.29 is 24.0 Å². The van der Waals surface area contributed by atoms with E-state index in [0.717, 1.165) is 181 Å². The molecule has 5 aromatic heterocycles. The molecule has 0 aliphatic carbocycles. The maximum atomic E-state index is 13.8. The summed E-state index contributed by atoms with van der Waals surface area (Å²) in [6.07, 6.45) is 17.9. The van der Waals surface area contributed by atoms with Crippen LogP contribution in [0.4, 0.5) is 11.6 Å². The number of aromatic amines is 1. The molecule has 2 fully saturated rings. The van der Waals surface area contributed by atoms with Crippen LogP contribution in [0.1, 0.15) is 105 Å². The number of ketones is 1. The number of hydrogen-bond donors (Lipinski definition) is 5. The Morgan fingerprint density at radius 3 is 1.73 bits per heavy atom. The number of hydrogen-bond acceptors (Lipinski definition) is 13. The molecule has 9 rings (SSSR count). The van der Waals surface area contributed by atoms with Gasteiger partial charge in [-0.1, -0.05) is 59.3 Å². The molecule has 19 nitrogen and oxygen atoms in total. The van der Waals surface area contributed by atoms with Crippen LogP contribution < -0.4 is 36.6 Å². The summed E-state index contributed by atoms with van der Waals surface area (Å²) >= 11 is 0. The van der Waals surface area contributed by atoms with Crippen LogP contribution in [0.2, 0.25) is 0 Å². The number of aldehydes is 1. The summed E-state index contributed by atoms with van der Waals surface area (Å²) in [6.45, 7) is 30.9. The average Bonchev–Trinajstić information content (AvgIpc) is 1.84. The zero-order chi connectivity index (χ0) is 66.0. The Morgan fingerprint density at radius 2 is 1.24 bits per heavy atom. The van der Waals surface area contributed by atoms with Crippen molar-refractivity contribution in [1.82, 2.24) is 55.2 Å². The maximum absolute atomic E-state index is 13.8. The highest BCUT2D eigenvalue weighted by Crippen LogP contribution is 2.32. The Morgan fingerprint density at radius 1 is 0.703 bits per heavy atom. The molecule has 0 bridgehead atoms. The van der Waals surface area contributed by atoms with Gasteiger partial charge in [0, 0.05) is 158 Å². The van der Waals surface area contributed by atoms with E-state index in [-0.39, 0.29) is 36.2 Å². The molecule has 2 aliphatic heterocycles. The van der Waals surface area contributed by atoms with Crippen LogP contribution >= 0.6 is 0 Å². The Balaban J connectivity index is 0.000000266. The second-order valence-electron chi connectivity index (χ2n) is 22.8. The first-order valence-electron chi connectivity index (χ1n) is 31.8. The lowest BCUT2D eigenvalue weighted by molar-refractivity contribution is -0.115. The highest BCUT2D eigenvalue weighted by Gasteiger charge is 2.22. The molecule has 484 valence electrons. The lowest BCUT2D eigenvalue weighted by atomic mass is 10.00. The first kappa shape index (κ1) is 71.0. The molecule has 0 radical (unpaired) electrons. The van der Waals surface area contributed by atoms with Crippen LogP contribution in [0, 0.1) is 6.92 Å². The zero-order valence-corrected chi connectivity index (χ0v) is 55.2. The van der Waals surface area contributed by atoms with E-state index in [2.05, 4.69) is 116 Å². The summed E-state index contributed by atoms with van der Waals surface area (Å²) in [6, 6.07) is 22.1. The number of rotatable bonds is 25. The fourth-order valence-corrected chi connectivity index (χ4v) is 11.1. The normalized spacial score (nSPS) is 13.8. The van der Waals surface area contributed by atoms with Crippen molar-refractivity contribution in [2.45, 2.75) is 100 Å². The Labute approximate surface area is 537 Å². The number of allylic oxidation sites excluding steroid dienone is 5. The number of anilines is 2. The van der Waals surface area contributed by atoms with E-state index in [0.29, 0.717) is 35.9 Å². The quantitative estimate of drug-likeness (QED) is 0.0156. The van der Waals surface area contributed by atoms with Gasteiger partial charge in [0.1, 0.15) is 17.9 Å². The van der Waals surface area contributed by atoms with Gasteiger partial charge in [0.15, 0.2) is 5.78 Å². The number of aryl methyl sites for hydroxylation is 3. The average molecular weight is 1240 g/mol. The number of nitrogens with zero attached hydrogens (tertiary/aromatic N) is 8. The van der Waals surface area contributed by atoms with Crippen molar-refractivity contribution in [3.05, 3.63) is 178 Å². The molecule has 3 amide bonds. The first-order valence-corrected chi connectivity index (χ1v) is 31.8. The van der Waals surface area contributed by atoms with Gasteiger partial charge in [0.25, 0.3) is 17.4 Å². The highest BCUT2D eigenvalue weighted by molar-refractivity contribution is 6.09. The Bertz CT molecular complexity index is 3700. The molecule has 91 heavy (non-hydrogen) atoms. The van der Waals surface area contributed by atoms with Gasteiger partial charge in [0.05, 0.1) is 6.54 Å². The van der Waals surface area contributed by atoms with Gasteiger partial charge < -0.3 is 55.0 Å². The Kier molecular flexibility index (Phi) is 28.1. The molecule has 7 heterocycles. The molecular weight excluding hydrogens is 1140 g/mol. The smallest absolute Gasteiger partial charge is 0.253 e. The van der Waals surface area contributed by atoms with Gasteiger partial charge >= 0.3 is 0 Å². The van der Waals surface area contributed by atoms with Crippen molar-refractivity contribution in [3.63, 3.8) is 0 Å². The number of piperazine rings is 2. The second kappa shape index (κ2) is 36.0. The number of carbonyl (C=O) groups is 5. The minimum absolute atomic E-state index is 0.108. The van der Waals surface area contributed by atoms with Gasteiger partial charge in [-0.15, -0.1) is 0 Å². The van der Waals surface area contributed by atoms with E-state index in [1.807, 2.05) is 119 Å². The van der Waals surface area contributed by atoms with E-state index in [1.54, 1.807) is 0 Å². The minimum Gasteiger partial charge on any atom is -0.354 e. The number of nitrogens with one attached hydrogen (secondary N) is 5. The van der Waals surface area contributed by atoms with E-state index in [4.69, 9.17) is 14.8 Å². The summed E-state index contributed by atoms with van der Waals surface area (Å²) in [5.74, 6) is 1.40. The number of aromatic nitrogens is 5. The van der Waals surface area contributed by atoms with Crippen LogP contribution in [0.25, 0.3) is 44.1 Å². The minimum atomic E-state index is -0.293. The third-order valence-corrected chi connectivity index (χ3v) is 16.1. The molecular formula is C72H95N13O6. The van der Waals surface area contributed by atoms with Gasteiger partial charge in [-0.25, -0.2) is 9.97 Å². The van der Waals surface area contributed by atoms with Gasteiger partial charge in [-0.3, -0.25) is 28.8 Å². The summed E-state index contributed by atoms with van der Waals surface area (Å²) in [5.41, 5.74) is 11.7. The summed E-state index contributed by atoms with van der Waals surface area (Å²) in [4.78, 5) is 94.0. The number of benzene rings is 2. The molecule has 2 aromatic carbocycles.